The van der Waals surface area contributed by atoms with Crippen LogP contribution >= 0.6 is 0 Å². The van der Waals surface area contributed by atoms with E-state index in [0.29, 0.717) is 38.9 Å². The van der Waals surface area contributed by atoms with Crippen LogP contribution in [-0.4, -0.2) is 88.7 Å². The molecule has 0 unspecified atom stereocenters. The Labute approximate surface area is 253 Å². The maximum absolute atomic E-state index is 13.2. The van der Waals surface area contributed by atoms with Crippen molar-refractivity contribution in [2.24, 2.45) is 5.92 Å². The first-order valence-corrected chi connectivity index (χ1v) is 15.7. The number of carboxylic acid groups (broad SMARTS) is 1. The number of anilines is 1. The van der Waals surface area contributed by atoms with Crippen molar-refractivity contribution in [3.05, 3.63) is 47.8 Å². The molecule has 2 fully saturated rings. The van der Waals surface area contributed by atoms with Crippen LogP contribution < -0.4 is 10.6 Å². The highest BCUT2D eigenvalue weighted by Crippen LogP contribution is 2.28. The molecule has 12 nitrogen and oxygen atoms in total. The fourth-order valence-electron chi connectivity index (χ4n) is 5.31. The van der Waals surface area contributed by atoms with E-state index in [1.54, 1.807) is 17.0 Å². The third-order valence-electron chi connectivity index (χ3n) is 7.86. The third kappa shape index (κ3) is 8.22. The van der Waals surface area contributed by atoms with Gasteiger partial charge in [0.2, 0.25) is 27.8 Å². The normalized spacial score (nSPS) is 19.0. The molecule has 4 rings (SSSR count). The number of benzene rings is 1. The number of carbonyl (C=O) groups is 3. The zero-order valence-corrected chi connectivity index (χ0v) is 24.9. The molecule has 1 aromatic carbocycles. The summed E-state index contributed by atoms with van der Waals surface area (Å²) in [5, 5.41) is 15.0. The van der Waals surface area contributed by atoms with Crippen LogP contribution in [0.1, 0.15) is 49.8 Å². The minimum atomic E-state index is -4.58. The number of hydrogen-bond donors (Lipinski definition) is 3. The lowest BCUT2D eigenvalue weighted by atomic mass is 9.96. The molecular formula is C28H35F3N6O6S. The molecule has 16 heteroatoms. The van der Waals surface area contributed by atoms with Gasteiger partial charge < -0.3 is 20.6 Å². The van der Waals surface area contributed by atoms with Crippen LogP contribution in [0.4, 0.5) is 19.1 Å². The van der Waals surface area contributed by atoms with Crippen molar-refractivity contribution in [2.45, 2.75) is 68.6 Å². The van der Waals surface area contributed by atoms with Crippen LogP contribution in [0.25, 0.3) is 0 Å². The molecule has 2 saturated heterocycles. The first kappa shape index (κ1) is 33.1. The first-order chi connectivity index (χ1) is 20.8. The predicted octanol–water partition coefficient (Wildman–Crippen LogP) is 2.66. The van der Waals surface area contributed by atoms with Crippen LogP contribution in [0, 0.1) is 12.8 Å². The van der Waals surface area contributed by atoms with Gasteiger partial charge in [-0.05, 0) is 63.1 Å². The van der Waals surface area contributed by atoms with Crippen LogP contribution in [-0.2, 0) is 30.6 Å². The first-order valence-electron chi connectivity index (χ1n) is 14.3. The largest absolute Gasteiger partial charge is 0.480 e. The van der Waals surface area contributed by atoms with Gasteiger partial charge in [-0.25, -0.2) is 23.2 Å². The number of piperidine rings is 1. The number of aromatic nitrogens is 2. The standard InChI is InChI=1S/C28H35F3N6O6S/c1-18-4-6-20(7-5-18)44(42,43)37-14-2-3-22(37)25(39)34-21(26(40)41)8-9-24(38)36-15-11-19(12-16-36)17-33-27-32-13-10-23(35-27)28(29,30)31/h4-7,10,13,19,21-22H,2-3,8-9,11-12,14-17H2,1H3,(H,34,39)(H,40,41)(H,32,33,35)/t21-,22+/m0/s1. The molecule has 0 aliphatic carbocycles. The van der Waals surface area contributed by atoms with E-state index >= 15 is 0 Å². The monoisotopic (exact) mass is 640 g/mol. The molecule has 0 saturated carbocycles. The van der Waals surface area contributed by atoms with Gasteiger partial charge in [-0.2, -0.15) is 17.5 Å². The quantitative estimate of drug-likeness (QED) is 0.335. The Balaban J connectivity index is 1.25. The molecule has 3 N–H and O–H groups in total. The molecule has 0 bridgehead atoms. The average molecular weight is 641 g/mol. The molecule has 3 heterocycles. The number of likely N-dealkylation sites (tertiary alicyclic amines) is 1. The predicted molar refractivity (Wildman–Crippen MR) is 152 cm³/mol. The van der Waals surface area contributed by atoms with E-state index in [1.807, 2.05) is 6.92 Å². The molecule has 0 spiro atoms. The molecule has 2 aliphatic heterocycles. The second-order valence-electron chi connectivity index (χ2n) is 11.0. The summed E-state index contributed by atoms with van der Waals surface area (Å²) in [6, 6.07) is 4.59. The summed E-state index contributed by atoms with van der Waals surface area (Å²) in [6.07, 6.45) is -2.03. The fraction of sp³-hybridized carbons (Fsp3) is 0.536. The Morgan fingerprint density at radius 1 is 1.07 bits per heavy atom. The lowest BCUT2D eigenvalue weighted by molar-refractivity contribution is -0.143. The van der Waals surface area contributed by atoms with Crippen LogP contribution in [0.3, 0.4) is 0 Å². The molecule has 1 aromatic heterocycles. The smallest absolute Gasteiger partial charge is 0.433 e. The van der Waals surface area contributed by atoms with Gasteiger partial charge in [0.25, 0.3) is 0 Å². The molecular weight excluding hydrogens is 605 g/mol. The molecule has 240 valence electrons. The number of nitrogens with one attached hydrogen (secondary N) is 2. The number of carbonyl (C=O) groups excluding carboxylic acids is 2. The SMILES string of the molecule is Cc1ccc(S(=O)(=O)N2CCC[C@@H]2C(=O)N[C@@H](CCC(=O)N2CCC(CNc3nccc(C(F)(F)F)n3)CC2)C(=O)O)cc1. The molecule has 2 atom stereocenters. The van der Waals surface area contributed by atoms with Crippen molar-refractivity contribution in [1.29, 1.82) is 0 Å². The van der Waals surface area contributed by atoms with Crippen LogP contribution in [0.2, 0.25) is 0 Å². The molecule has 2 aromatic rings. The number of aryl methyl sites for hydroxylation is 1. The lowest BCUT2D eigenvalue weighted by Crippen LogP contribution is -2.51. The zero-order valence-electron chi connectivity index (χ0n) is 24.1. The fourth-order valence-corrected chi connectivity index (χ4v) is 6.97. The van der Waals surface area contributed by atoms with Gasteiger partial charge in [-0.15, -0.1) is 0 Å². The number of amides is 2. The maximum atomic E-state index is 13.2. The Bertz CT molecular complexity index is 1450. The second kappa shape index (κ2) is 13.9. The maximum Gasteiger partial charge on any atom is 0.433 e. The Morgan fingerprint density at radius 2 is 1.75 bits per heavy atom. The summed E-state index contributed by atoms with van der Waals surface area (Å²) in [6.45, 7) is 3.04. The molecule has 2 aliphatic rings. The number of rotatable bonds is 11. The summed E-state index contributed by atoms with van der Waals surface area (Å²) in [5.74, 6) is -2.42. The van der Waals surface area contributed by atoms with Gasteiger partial charge in [0, 0.05) is 38.8 Å². The van der Waals surface area contributed by atoms with Gasteiger partial charge in [0.15, 0.2) is 0 Å². The van der Waals surface area contributed by atoms with E-state index in [-0.39, 0.29) is 48.5 Å². The van der Waals surface area contributed by atoms with Crippen molar-refractivity contribution < 1.29 is 41.1 Å². The third-order valence-corrected chi connectivity index (χ3v) is 9.78. The summed E-state index contributed by atoms with van der Waals surface area (Å²) in [7, 11) is -3.97. The van der Waals surface area contributed by atoms with E-state index < -0.39 is 45.9 Å². The number of halogens is 3. The van der Waals surface area contributed by atoms with Crippen molar-refractivity contribution in [3.8, 4) is 0 Å². The summed E-state index contributed by atoms with van der Waals surface area (Å²) in [5.41, 5.74) is -0.164. The molecule has 0 radical (unpaired) electrons. The van der Waals surface area contributed by atoms with Crippen LogP contribution in [0.5, 0.6) is 0 Å². The zero-order chi connectivity index (χ0) is 32.1. The van der Waals surface area contributed by atoms with Gasteiger partial charge in [0.05, 0.1) is 4.90 Å². The summed E-state index contributed by atoms with van der Waals surface area (Å²) < 4.78 is 66.1. The number of aliphatic carboxylic acids is 1. The number of carboxylic acids is 1. The Kier molecular flexibility index (Phi) is 10.4. The second-order valence-corrected chi connectivity index (χ2v) is 12.9. The summed E-state index contributed by atoms with van der Waals surface area (Å²) >= 11 is 0. The number of alkyl halides is 3. The topological polar surface area (TPSA) is 162 Å². The van der Waals surface area contributed by atoms with Gasteiger partial charge in [0.1, 0.15) is 17.8 Å². The van der Waals surface area contributed by atoms with Gasteiger partial charge in [-0.3, -0.25) is 9.59 Å². The van der Waals surface area contributed by atoms with E-state index in [0.717, 1.165) is 22.1 Å². The van der Waals surface area contributed by atoms with Gasteiger partial charge >= 0.3 is 12.1 Å². The Hall–Kier alpha value is -3.79. The highest BCUT2D eigenvalue weighted by atomic mass is 32.2. The molecule has 44 heavy (non-hydrogen) atoms. The van der Waals surface area contributed by atoms with Gasteiger partial charge in [-0.1, -0.05) is 17.7 Å². The average Bonchev–Trinajstić information content (AvgIpc) is 3.49. The Morgan fingerprint density at radius 3 is 2.39 bits per heavy atom. The minimum absolute atomic E-state index is 0.0479. The highest BCUT2D eigenvalue weighted by molar-refractivity contribution is 7.89. The highest BCUT2D eigenvalue weighted by Gasteiger charge is 2.40. The van der Waals surface area contributed by atoms with Crippen molar-refractivity contribution in [1.82, 2.24) is 24.5 Å². The van der Waals surface area contributed by atoms with E-state index in [2.05, 4.69) is 20.6 Å². The van der Waals surface area contributed by atoms with E-state index in [4.69, 9.17) is 0 Å². The number of nitrogens with zero attached hydrogens (tertiary/aromatic N) is 4. The summed E-state index contributed by atoms with van der Waals surface area (Å²) in [4.78, 5) is 46.8. The molecule has 2 amide bonds. The van der Waals surface area contributed by atoms with Crippen molar-refractivity contribution >= 4 is 33.8 Å². The van der Waals surface area contributed by atoms with Crippen molar-refractivity contribution in [3.63, 3.8) is 0 Å². The van der Waals surface area contributed by atoms with Crippen molar-refractivity contribution in [2.75, 3.05) is 31.5 Å². The number of sulfonamides is 1. The van der Waals surface area contributed by atoms with E-state index in [9.17, 15) is 41.1 Å². The minimum Gasteiger partial charge on any atom is -0.480 e. The number of hydrogen-bond acceptors (Lipinski definition) is 8. The van der Waals surface area contributed by atoms with Crippen LogP contribution in [0.15, 0.2) is 41.4 Å². The lowest BCUT2D eigenvalue weighted by Gasteiger charge is -2.32. The van der Waals surface area contributed by atoms with E-state index in [1.165, 1.54) is 12.1 Å².